The van der Waals surface area contributed by atoms with E-state index in [0.717, 1.165) is 30.9 Å². The number of carbonyl (C=O) groups excluding carboxylic acids is 1. The number of halogens is 3. The molecule has 2 saturated carbocycles. The number of carbonyl (C=O) groups is 1. The first-order chi connectivity index (χ1) is 15.8. The van der Waals surface area contributed by atoms with Crippen LogP contribution in [0.1, 0.15) is 62.8 Å². The summed E-state index contributed by atoms with van der Waals surface area (Å²) >= 11 is 0. The van der Waals surface area contributed by atoms with E-state index in [1.165, 1.54) is 18.2 Å². The van der Waals surface area contributed by atoms with Crippen LogP contribution in [0.5, 0.6) is 0 Å². The number of aromatic amines is 1. The number of H-pyrrole nitrogens is 1. The maximum Gasteiger partial charge on any atom is 0.223 e. The molecule has 3 N–H and O–H groups in total. The largest absolute Gasteiger partial charge is 0.389 e. The summed E-state index contributed by atoms with van der Waals surface area (Å²) in [5.74, 6) is -1.87. The van der Waals surface area contributed by atoms with Crippen LogP contribution in [-0.2, 0) is 4.79 Å². The van der Waals surface area contributed by atoms with Gasteiger partial charge in [0.2, 0.25) is 5.91 Å². The third-order valence-electron chi connectivity index (χ3n) is 7.18. The molecular formula is C26H27F3N2O2. The van der Waals surface area contributed by atoms with Gasteiger partial charge in [0.1, 0.15) is 17.5 Å². The van der Waals surface area contributed by atoms with E-state index >= 15 is 0 Å². The highest BCUT2D eigenvalue weighted by Crippen LogP contribution is 2.46. The fraction of sp³-hybridized carbons (Fsp3) is 0.423. The zero-order valence-corrected chi connectivity index (χ0v) is 18.3. The van der Waals surface area contributed by atoms with Crippen molar-refractivity contribution in [2.24, 2.45) is 0 Å². The topological polar surface area (TPSA) is 65.1 Å². The zero-order valence-electron chi connectivity index (χ0n) is 18.3. The molecular weight excluding hydrogens is 429 g/mol. The Hall–Kier alpha value is -2.80. The van der Waals surface area contributed by atoms with Gasteiger partial charge in [0.25, 0.3) is 0 Å². The molecule has 0 radical (unpaired) electrons. The van der Waals surface area contributed by atoms with Crippen LogP contribution in [-0.4, -0.2) is 27.6 Å². The lowest BCUT2D eigenvalue weighted by Crippen LogP contribution is -2.46. The molecule has 2 aliphatic carbocycles. The molecule has 0 aliphatic heterocycles. The fourth-order valence-corrected chi connectivity index (χ4v) is 5.44. The number of aromatic nitrogens is 1. The second-order valence-corrected chi connectivity index (χ2v) is 9.63. The maximum absolute atomic E-state index is 14.5. The molecule has 33 heavy (non-hydrogen) atoms. The lowest BCUT2D eigenvalue weighted by atomic mass is 9.74. The number of hydrogen-bond donors (Lipinski definition) is 3. The molecule has 2 aliphatic rings. The molecule has 1 heterocycles. The Morgan fingerprint density at radius 2 is 1.73 bits per heavy atom. The number of amides is 1. The van der Waals surface area contributed by atoms with E-state index in [0.29, 0.717) is 42.3 Å². The summed E-state index contributed by atoms with van der Waals surface area (Å²) in [5, 5.41) is 14.1. The van der Waals surface area contributed by atoms with Gasteiger partial charge in [-0.1, -0.05) is 19.3 Å². The average Bonchev–Trinajstić information content (AvgIpc) is 3.10. The highest BCUT2D eigenvalue weighted by molar-refractivity contribution is 5.92. The van der Waals surface area contributed by atoms with Crippen molar-refractivity contribution >= 4 is 16.8 Å². The summed E-state index contributed by atoms with van der Waals surface area (Å²) < 4.78 is 42.0. The lowest BCUT2D eigenvalue weighted by molar-refractivity contribution is -0.128. The average molecular weight is 457 g/mol. The minimum absolute atomic E-state index is 0.0110. The number of nitrogens with one attached hydrogen (secondary N) is 2. The molecule has 0 atom stereocenters. The first kappa shape index (κ1) is 22.0. The van der Waals surface area contributed by atoms with Crippen molar-refractivity contribution in [2.75, 3.05) is 0 Å². The van der Waals surface area contributed by atoms with Gasteiger partial charge in [-0.2, -0.15) is 0 Å². The molecule has 5 rings (SSSR count). The Balaban J connectivity index is 1.36. The predicted octanol–water partition coefficient (Wildman–Crippen LogP) is 5.70. The molecule has 0 bridgehead atoms. The number of benzene rings is 2. The van der Waals surface area contributed by atoms with Crippen LogP contribution in [0.3, 0.4) is 0 Å². The van der Waals surface area contributed by atoms with E-state index in [2.05, 4.69) is 10.3 Å². The Kier molecular flexibility index (Phi) is 5.69. The molecule has 0 unspecified atom stereocenters. The van der Waals surface area contributed by atoms with Crippen LogP contribution in [0.25, 0.3) is 22.2 Å². The molecule has 1 amide bonds. The van der Waals surface area contributed by atoms with E-state index in [4.69, 9.17) is 0 Å². The van der Waals surface area contributed by atoms with Crippen molar-refractivity contribution in [3.8, 4) is 11.3 Å². The Labute approximate surface area is 190 Å². The van der Waals surface area contributed by atoms with Gasteiger partial charge in [-0.05, 0) is 73.1 Å². The number of rotatable bonds is 5. The summed E-state index contributed by atoms with van der Waals surface area (Å²) in [5.41, 5.74) is 1.42. The normalized spacial score (nSPS) is 22.2. The van der Waals surface area contributed by atoms with Gasteiger partial charge in [-0.25, -0.2) is 13.2 Å². The highest BCUT2D eigenvalue weighted by Gasteiger charge is 2.37. The van der Waals surface area contributed by atoms with E-state index in [9.17, 15) is 23.1 Å². The standard InChI is InChI=1S/C26H27F3N2O2/c27-17-6-4-15(5-7-17)24-23(20-12-18(28)13-21(29)25(20)31-24)16-10-19(11-16)30-22(32)14-26(33)8-2-1-3-9-26/h4-7,12-13,16,19,31,33H,1-3,8-11,14H2,(H,30,32)/t16-,19+. The van der Waals surface area contributed by atoms with Crippen molar-refractivity contribution in [2.45, 2.75) is 68.9 Å². The molecule has 4 nitrogen and oxygen atoms in total. The molecule has 0 saturated heterocycles. The summed E-state index contributed by atoms with van der Waals surface area (Å²) in [6.07, 6.45) is 5.65. The van der Waals surface area contributed by atoms with Crippen molar-refractivity contribution < 1.29 is 23.1 Å². The third-order valence-corrected chi connectivity index (χ3v) is 7.18. The molecule has 7 heteroatoms. The van der Waals surface area contributed by atoms with Crippen molar-refractivity contribution in [1.29, 1.82) is 0 Å². The Morgan fingerprint density at radius 1 is 1.03 bits per heavy atom. The van der Waals surface area contributed by atoms with E-state index in [1.807, 2.05) is 0 Å². The fourth-order valence-electron chi connectivity index (χ4n) is 5.44. The smallest absolute Gasteiger partial charge is 0.223 e. The predicted molar refractivity (Wildman–Crippen MR) is 120 cm³/mol. The number of fused-ring (bicyclic) bond motifs is 1. The van der Waals surface area contributed by atoms with Crippen LogP contribution >= 0.6 is 0 Å². The van der Waals surface area contributed by atoms with Crippen LogP contribution in [0.2, 0.25) is 0 Å². The minimum atomic E-state index is -0.910. The van der Waals surface area contributed by atoms with Crippen molar-refractivity contribution in [3.63, 3.8) is 0 Å². The van der Waals surface area contributed by atoms with Gasteiger partial charge < -0.3 is 15.4 Å². The van der Waals surface area contributed by atoms with E-state index in [-0.39, 0.29) is 35.6 Å². The first-order valence-electron chi connectivity index (χ1n) is 11.6. The second kappa shape index (κ2) is 8.52. The number of aliphatic hydroxyl groups is 1. The summed E-state index contributed by atoms with van der Waals surface area (Å²) in [7, 11) is 0. The van der Waals surface area contributed by atoms with Gasteiger partial charge in [0.05, 0.1) is 23.2 Å². The van der Waals surface area contributed by atoms with Gasteiger partial charge in [0.15, 0.2) is 0 Å². The SMILES string of the molecule is O=C(CC1(O)CCCCC1)N[C@H]1C[C@@H](c2c(-c3ccc(F)cc3)[nH]c3c(F)cc(F)cc32)C1. The summed E-state index contributed by atoms with van der Waals surface area (Å²) in [4.78, 5) is 15.6. The summed E-state index contributed by atoms with van der Waals surface area (Å²) in [6, 6.07) is 8.00. The molecule has 1 aromatic heterocycles. The second-order valence-electron chi connectivity index (χ2n) is 9.63. The number of hydrogen-bond acceptors (Lipinski definition) is 2. The van der Waals surface area contributed by atoms with Crippen molar-refractivity contribution in [3.05, 3.63) is 59.4 Å². The molecule has 2 fully saturated rings. The molecule has 2 aromatic carbocycles. The van der Waals surface area contributed by atoms with Crippen LogP contribution < -0.4 is 5.32 Å². The van der Waals surface area contributed by atoms with Gasteiger partial charge in [0, 0.05) is 17.5 Å². The monoisotopic (exact) mass is 456 g/mol. The Morgan fingerprint density at radius 3 is 2.42 bits per heavy atom. The first-order valence-corrected chi connectivity index (χ1v) is 11.6. The van der Waals surface area contributed by atoms with Gasteiger partial charge in [-0.15, -0.1) is 0 Å². The zero-order chi connectivity index (χ0) is 23.2. The van der Waals surface area contributed by atoms with E-state index < -0.39 is 17.2 Å². The minimum Gasteiger partial charge on any atom is -0.389 e. The van der Waals surface area contributed by atoms with Crippen LogP contribution in [0.4, 0.5) is 13.2 Å². The van der Waals surface area contributed by atoms with Gasteiger partial charge >= 0.3 is 0 Å². The quantitative estimate of drug-likeness (QED) is 0.461. The highest BCUT2D eigenvalue weighted by atomic mass is 19.1. The van der Waals surface area contributed by atoms with Crippen LogP contribution in [0.15, 0.2) is 36.4 Å². The van der Waals surface area contributed by atoms with Crippen molar-refractivity contribution in [1.82, 2.24) is 10.3 Å². The summed E-state index contributed by atoms with van der Waals surface area (Å²) in [6.45, 7) is 0. The molecule has 3 aromatic rings. The van der Waals surface area contributed by atoms with Gasteiger partial charge in [-0.3, -0.25) is 4.79 Å². The maximum atomic E-state index is 14.5. The lowest BCUT2D eigenvalue weighted by Gasteiger charge is -2.38. The Bertz CT molecular complexity index is 1180. The van der Waals surface area contributed by atoms with Crippen LogP contribution in [0, 0.1) is 17.5 Å². The van der Waals surface area contributed by atoms with E-state index in [1.54, 1.807) is 12.1 Å². The molecule has 174 valence electrons. The third kappa shape index (κ3) is 4.38. The molecule has 0 spiro atoms.